The van der Waals surface area contributed by atoms with E-state index in [0.29, 0.717) is 18.9 Å². The SMILES string of the molecule is CC(=O)CCNc1ncc(-c2cccc(Br)c2)cn1. The van der Waals surface area contributed by atoms with E-state index in [1.54, 1.807) is 19.3 Å². The highest BCUT2D eigenvalue weighted by atomic mass is 79.9. The molecular weight excluding hydrogens is 306 g/mol. The normalized spacial score (nSPS) is 10.2. The maximum absolute atomic E-state index is 10.8. The lowest BCUT2D eigenvalue weighted by molar-refractivity contribution is -0.116. The van der Waals surface area contributed by atoms with Gasteiger partial charge < -0.3 is 5.32 Å². The zero-order valence-electron chi connectivity index (χ0n) is 10.6. The first-order valence-electron chi connectivity index (χ1n) is 5.96. The summed E-state index contributed by atoms with van der Waals surface area (Å²) in [6.45, 7) is 2.13. The predicted octanol–water partition coefficient (Wildman–Crippen LogP) is 3.30. The minimum absolute atomic E-state index is 0.151. The lowest BCUT2D eigenvalue weighted by atomic mass is 10.1. The summed E-state index contributed by atoms with van der Waals surface area (Å²) >= 11 is 3.44. The molecule has 0 aliphatic carbocycles. The lowest BCUT2D eigenvalue weighted by Gasteiger charge is -2.05. The van der Waals surface area contributed by atoms with Crippen molar-refractivity contribution in [2.75, 3.05) is 11.9 Å². The zero-order chi connectivity index (χ0) is 13.7. The number of anilines is 1. The second kappa shape index (κ2) is 6.43. The minimum Gasteiger partial charge on any atom is -0.354 e. The van der Waals surface area contributed by atoms with Crippen LogP contribution in [-0.4, -0.2) is 22.3 Å². The molecule has 0 aliphatic rings. The number of ketones is 1. The summed E-state index contributed by atoms with van der Waals surface area (Å²) in [6.07, 6.45) is 4.02. The van der Waals surface area contributed by atoms with Crippen molar-refractivity contribution in [1.82, 2.24) is 9.97 Å². The fraction of sp³-hybridized carbons (Fsp3) is 0.214. The molecule has 19 heavy (non-hydrogen) atoms. The van der Waals surface area contributed by atoms with Crippen LogP contribution in [0, 0.1) is 0 Å². The smallest absolute Gasteiger partial charge is 0.222 e. The molecule has 98 valence electrons. The summed E-state index contributed by atoms with van der Waals surface area (Å²) in [7, 11) is 0. The standard InChI is InChI=1S/C14H14BrN3O/c1-10(19)5-6-16-14-17-8-12(9-18-14)11-3-2-4-13(15)7-11/h2-4,7-9H,5-6H2,1H3,(H,16,17,18). The summed E-state index contributed by atoms with van der Waals surface area (Å²) in [4.78, 5) is 19.3. The molecule has 0 aliphatic heterocycles. The Kier molecular flexibility index (Phi) is 4.63. The third kappa shape index (κ3) is 4.13. The average molecular weight is 320 g/mol. The Hall–Kier alpha value is -1.75. The van der Waals surface area contributed by atoms with Gasteiger partial charge in [-0.15, -0.1) is 0 Å². The summed E-state index contributed by atoms with van der Waals surface area (Å²) in [5.41, 5.74) is 2.02. The molecule has 1 heterocycles. The van der Waals surface area contributed by atoms with Crippen molar-refractivity contribution in [2.24, 2.45) is 0 Å². The van der Waals surface area contributed by atoms with Gasteiger partial charge in [0.05, 0.1) is 0 Å². The number of rotatable bonds is 5. The van der Waals surface area contributed by atoms with Gasteiger partial charge >= 0.3 is 0 Å². The number of aromatic nitrogens is 2. The van der Waals surface area contributed by atoms with Crippen LogP contribution in [0.5, 0.6) is 0 Å². The molecule has 0 amide bonds. The van der Waals surface area contributed by atoms with E-state index in [1.807, 2.05) is 24.3 Å². The first-order chi connectivity index (χ1) is 9.15. The van der Waals surface area contributed by atoms with Gasteiger partial charge in [-0.1, -0.05) is 28.1 Å². The molecule has 0 saturated heterocycles. The number of hydrogen-bond acceptors (Lipinski definition) is 4. The van der Waals surface area contributed by atoms with Crippen molar-refractivity contribution in [1.29, 1.82) is 0 Å². The number of halogens is 1. The van der Waals surface area contributed by atoms with Crippen LogP contribution in [0.15, 0.2) is 41.1 Å². The van der Waals surface area contributed by atoms with E-state index in [2.05, 4.69) is 31.2 Å². The van der Waals surface area contributed by atoms with Crippen LogP contribution in [0.3, 0.4) is 0 Å². The van der Waals surface area contributed by atoms with Crippen LogP contribution in [0.2, 0.25) is 0 Å². The van der Waals surface area contributed by atoms with Crippen LogP contribution in [0.1, 0.15) is 13.3 Å². The van der Waals surface area contributed by atoms with Gasteiger partial charge in [0.25, 0.3) is 0 Å². The molecule has 2 aromatic rings. The Bertz CT molecular complexity index is 569. The van der Waals surface area contributed by atoms with Gasteiger partial charge in [-0.25, -0.2) is 9.97 Å². The number of hydrogen-bond donors (Lipinski definition) is 1. The summed E-state index contributed by atoms with van der Waals surface area (Å²) < 4.78 is 1.02. The van der Waals surface area contributed by atoms with Crippen LogP contribution in [0.25, 0.3) is 11.1 Å². The number of nitrogens with zero attached hydrogens (tertiary/aromatic N) is 2. The summed E-state index contributed by atoms with van der Waals surface area (Å²) in [6, 6.07) is 7.97. The molecule has 0 bridgehead atoms. The highest BCUT2D eigenvalue weighted by molar-refractivity contribution is 9.10. The number of Topliss-reactive ketones (excluding diaryl/α,β-unsaturated/α-hetero) is 1. The molecule has 0 fully saturated rings. The minimum atomic E-state index is 0.151. The van der Waals surface area contributed by atoms with E-state index in [-0.39, 0.29) is 5.78 Å². The van der Waals surface area contributed by atoms with Gasteiger partial charge in [-0.2, -0.15) is 0 Å². The Balaban J connectivity index is 2.04. The first kappa shape index (κ1) is 13.7. The van der Waals surface area contributed by atoms with Gasteiger partial charge in [0.15, 0.2) is 0 Å². The second-order valence-corrected chi connectivity index (χ2v) is 5.10. The third-order valence-corrected chi connectivity index (χ3v) is 3.06. The Labute approximate surface area is 120 Å². The van der Waals surface area contributed by atoms with Gasteiger partial charge in [0, 0.05) is 35.4 Å². The highest BCUT2D eigenvalue weighted by Gasteiger charge is 2.01. The van der Waals surface area contributed by atoms with Crippen molar-refractivity contribution in [2.45, 2.75) is 13.3 Å². The van der Waals surface area contributed by atoms with E-state index in [9.17, 15) is 4.79 Å². The molecule has 0 unspecified atom stereocenters. The first-order valence-corrected chi connectivity index (χ1v) is 6.76. The van der Waals surface area contributed by atoms with Gasteiger partial charge in [0.1, 0.15) is 5.78 Å². The molecule has 1 N–H and O–H groups in total. The molecule has 0 spiro atoms. The van der Waals surface area contributed by atoms with Crippen molar-refractivity contribution >= 4 is 27.7 Å². The largest absolute Gasteiger partial charge is 0.354 e. The van der Waals surface area contributed by atoms with Crippen molar-refractivity contribution < 1.29 is 4.79 Å². The van der Waals surface area contributed by atoms with Crippen molar-refractivity contribution in [3.8, 4) is 11.1 Å². The van der Waals surface area contributed by atoms with Crippen LogP contribution >= 0.6 is 15.9 Å². The van der Waals surface area contributed by atoms with Crippen molar-refractivity contribution in [3.63, 3.8) is 0 Å². The molecule has 5 heteroatoms. The van der Waals surface area contributed by atoms with Gasteiger partial charge in [0.2, 0.25) is 5.95 Å². The average Bonchev–Trinajstić information content (AvgIpc) is 2.39. The Morgan fingerprint density at radius 2 is 2.00 bits per heavy atom. The molecule has 0 saturated carbocycles. The Morgan fingerprint density at radius 3 is 2.63 bits per heavy atom. The summed E-state index contributed by atoms with van der Waals surface area (Å²) in [5, 5.41) is 3.01. The number of carbonyl (C=O) groups excluding carboxylic acids is 1. The molecule has 1 aromatic carbocycles. The van der Waals surface area contributed by atoms with E-state index in [0.717, 1.165) is 15.6 Å². The Morgan fingerprint density at radius 1 is 1.26 bits per heavy atom. The second-order valence-electron chi connectivity index (χ2n) is 4.18. The maximum atomic E-state index is 10.8. The predicted molar refractivity (Wildman–Crippen MR) is 79.0 cm³/mol. The fourth-order valence-corrected chi connectivity index (χ4v) is 1.99. The molecular formula is C14H14BrN3O. The third-order valence-electron chi connectivity index (χ3n) is 2.57. The van der Waals surface area contributed by atoms with Gasteiger partial charge in [-0.05, 0) is 24.6 Å². The topological polar surface area (TPSA) is 54.9 Å². The summed E-state index contributed by atoms with van der Waals surface area (Å²) in [5.74, 6) is 0.693. The lowest BCUT2D eigenvalue weighted by Crippen LogP contribution is -2.08. The highest BCUT2D eigenvalue weighted by Crippen LogP contribution is 2.21. The molecule has 4 nitrogen and oxygen atoms in total. The van der Waals surface area contributed by atoms with E-state index in [1.165, 1.54) is 0 Å². The number of benzene rings is 1. The van der Waals surface area contributed by atoms with E-state index in [4.69, 9.17) is 0 Å². The fourth-order valence-electron chi connectivity index (χ4n) is 1.59. The molecule has 0 atom stereocenters. The quantitative estimate of drug-likeness (QED) is 0.918. The van der Waals surface area contributed by atoms with Gasteiger partial charge in [-0.3, -0.25) is 4.79 Å². The molecule has 1 aromatic heterocycles. The van der Waals surface area contributed by atoms with Crippen LogP contribution in [0.4, 0.5) is 5.95 Å². The van der Waals surface area contributed by atoms with Crippen LogP contribution in [-0.2, 0) is 4.79 Å². The monoisotopic (exact) mass is 319 g/mol. The van der Waals surface area contributed by atoms with E-state index < -0.39 is 0 Å². The maximum Gasteiger partial charge on any atom is 0.222 e. The van der Waals surface area contributed by atoms with Crippen LogP contribution < -0.4 is 5.32 Å². The zero-order valence-corrected chi connectivity index (χ0v) is 12.1. The van der Waals surface area contributed by atoms with E-state index >= 15 is 0 Å². The number of nitrogens with one attached hydrogen (secondary N) is 1. The molecule has 2 rings (SSSR count). The number of carbonyl (C=O) groups is 1. The molecule has 0 radical (unpaired) electrons. The van der Waals surface area contributed by atoms with Crippen molar-refractivity contribution in [3.05, 3.63) is 41.1 Å².